The van der Waals surface area contributed by atoms with Gasteiger partial charge in [-0.15, -0.1) is 0 Å². The number of amides is 1. The normalized spacial score (nSPS) is 11.9. The summed E-state index contributed by atoms with van der Waals surface area (Å²) >= 11 is 1.14. The third-order valence-corrected chi connectivity index (χ3v) is 2.37. The molecule has 15 heavy (non-hydrogen) atoms. The van der Waals surface area contributed by atoms with Gasteiger partial charge in [0.2, 0.25) is 11.0 Å². The molecule has 0 radical (unpaired) electrons. The van der Waals surface area contributed by atoms with Gasteiger partial charge in [0.25, 0.3) is 0 Å². The molecule has 0 heterocycles. The van der Waals surface area contributed by atoms with Crippen molar-refractivity contribution < 1.29 is 9.59 Å². The number of nitrogens with two attached hydrogens (primary N) is 1. The SMILES string of the molecule is CCCC(=O)N/C(C(=O)SCC)=C(/C)N. The zero-order valence-electron chi connectivity index (χ0n) is 9.42. The molecule has 0 atom stereocenters. The third-order valence-electron chi connectivity index (χ3n) is 1.62. The van der Waals surface area contributed by atoms with Gasteiger partial charge in [0.15, 0.2) is 0 Å². The van der Waals surface area contributed by atoms with Crippen molar-refractivity contribution in [2.75, 3.05) is 5.75 Å². The first-order valence-corrected chi connectivity index (χ1v) is 5.94. The van der Waals surface area contributed by atoms with E-state index in [1.165, 1.54) is 0 Å². The number of rotatable bonds is 5. The summed E-state index contributed by atoms with van der Waals surface area (Å²) in [7, 11) is 0. The van der Waals surface area contributed by atoms with Crippen LogP contribution in [0.4, 0.5) is 0 Å². The summed E-state index contributed by atoms with van der Waals surface area (Å²) in [5.41, 5.74) is 6.12. The van der Waals surface area contributed by atoms with E-state index in [1.54, 1.807) is 6.92 Å². The van der Waals surface area contributed by atoms with Crippen LogP contribution < -0.4 is 11.1 Å². The maximum atomic E-state index is 11.5. The minimum atomic E-state index is -0.179. The highest BCUT2D eigenvalue weighted by molar-refractivity contribution is 8.14. The summed E-state index contributed by atoms with van der Waals surface area (Å²) in [5, 5.41) is 2.37. The second kappa shape index (κ2) is 7.34. The fourth-order valence-electron chi connectivity index (χ4n) is 0.943. The number of carbonyl (C=O) groups is 2. The summed E-state index contributed by atoms with van der Waals surface area (Å²) in [6.07, 6.45) is 1.15. The van der Waals surface area contributed by atoms with Crippen LogP contribution in [0.2, 0.25) is 0 Å². The minimum Gasteiger partial charge on any atom is -0.400 e. The van der Waals surface area contributed by atoms with E-state index in [1.807, 2.05) is 13.8 Å². The Kier molecular flexibility index (Phi) is 6.86. The Labute approximate surface area is 94.7 Å². The quantitative estimate of drug-likeness (QED) is 0.700. The van der Waals surface area contributed by atoms with Crippen molar-refractivity contribution in [2.45, 2.75) is 33.6 Å². The van der Waals surface area contributed by atoms with Crippen LogP contribution in [0.5, 0.6) is 0 Å². The highest BCUT2D eigenvalue weighted by Gasteiger charge is 2.14. The molecule has 4 nitrogen and oxygen atoms in total. The molecular formula is C10H18N2O2S. The van der Waals surface area contributed by atoms with Gasteiger partial charge in [-0.25, -0.2) is 0 Å². The Hall–Kier alpha value is -0.970. The number of nitrogens with one attached hydrogen (secondary N) is 1. The molecular weight excluding hydrogens is 212 g/mol. The second-order valence-corrected chi connectivity index (χ2v) is 4.31. The number of allylic oxidation sites excluding steroid dienone is 1. The molecule has 0 rings (SSSR count). The fraction of sp³-hybridized carbons (Fsp3) is 0.600. The smallest absolute Gasteiger partial charge is 0.237 e. The van der Waals surface area contributed by atoms with Crippen molar-refractivity contribution in [2.24, 2.45) is 5.73 Å². The molecule has 0 aliphatic carbocycles. The largest absolute Gasteiger partial charge is 0.400 e. The molecule has 0 aromatic carbocycles. The molecule has 0 saturated carbocycles. The molecule has 0 aromatic heterocycles. The Balaban J connectivity index is 4.51. The molecule has 5 heteroatoms. The molecule has 0 aromatic rings. The zero-order chi connectivity index (χ0) is 11.8. The van der Waals surface area contributed by atoms with Crippen molar-refractivity contribution in [3.05, 3.63) is 11.4 Å². The zero-order valence-corrected chi connectivity index (χ0v) is 10.2. The van der Waals surface area contributed by atoms with E-state index in [0.717, 1.165) is 18.2 Å². The first kappa shape index (κ1) is 14.0. The van der Waals surface area contributed by atoms with Gasteiger partial charge in [-0.3, -0.25) is 9.59 Å². The first-order valence-electron chi connectivity index (χ1n) is 4.96. The van der Waals surface area contributed by atoms with Crippen LogP contribution in [0.3, 0.4) is 0 Å². The maximum absolute atomic E-state index is 11.5. The van der Waals surface area contributed by atoms with E-state index < -0.39 is 0 Å². The van der Waals surface area contributed by atoms with E-state index in [-0.39, 0.29) is 16.7 Å². The molecule has 3 N–H and O–H groups in total. The maximum Gasteiger partial charge on any atom is 0.237 e. The molecule has 86 valence electrons. The van der Waals surface area contributed by atoms with Crippen LogP contribution >= 0.6 is 11.8 Å². The van der Waals surface area contributed by atoms with E-state index in [4.69, 9.17) is 5.73 Å². The van der Waals surface area contributed by atoms with Gasteiger partial charge >= 0.3 is 0 Å². The number of carbonyl (C=O) groups excluding carboxylic acids is 2. The van der Waals surface area contributed by atoms with E-state index >= 15 is 0 Å². The molecule has 0 saturated heterocycles. The van der Waals surface area contributed by atoms with Crippen molar-refractivity contribution >= 4 is 22.8 Å². The summed E-state index contributed by atoms with van der Waals surface area (Å²) < 4.78 is 0. The first-order chi connectivity index (χ1) is 7.02. The predicted molar refractivity (Wildman–Crippen MR) is 63.1 cm³/mol. The van der Waals surface area contributed by atoms with Gasteiger partial charge in [0.05, 0.1) is 0 Å². The standard InChI is InChI=1S/C10H18N2O2S/c1-4-6-8(13)12-9(7(3)11)10(14)15-5-2/h4-6,11H2,1-3H3,(H,12,13)/b9-7-. The lowest BCUT2D eigenvalue weighted by Gasteiger charge is -2.09. The lowest BCUT2D eigenvalue weighted by molar-refractivity contribution is -0.121. The summed E-state index contributed by atoms with van der Waals surface area (Å²) in [6, 6.07) is 0. The van der Waals surface area contributed by atoms with Crippen molar-refractivity contribution in [3.63, 3.8) is 0 Å². The summed E-state index contributed by atoms with van der Waals surface area (Å²) in [4.78, 5) is 22.8. The number of hydrogen-bond donors (Lipinski definition) is 2. The number of hydrogen-bond acceptors (Lipinski definition) is 4. The molecule has 0 fully saturated rings. The van der Waals surface area contributed by atoms with Crippen LogP contribution in [0.15, 0.2) is 11.4 Å². The Morgan fingerprint density at radius 2 is 1.93 bits per heavy atom. The third kappa shape index (κ3) is 5.47. The predicted octanol–water partition coefficient (Wildman–Crippen LogP) is 1.37. The Bertz CT molecular complexity index is 271. The lowest BCUT2D eigenvalue weighted by Crippen LogP contribution is -2.28. The lowest BCUT2D eigenvalue weighted by atomic mass is 10.3. The van der Waals surface area contributed by atoms with Gasteiger partial charge in [-0.1, -0.05) is 25.6 Å². The average molecular weight is 230 g/mol. The molecule has 0 aliphatic rings. The average Bonchev–Trinajstić information content (AvgIpc) is 2.14. The van der Waals surface area contributed by atoms with Crippen LogP contribution in [-0.4, -0.2) is 16.8 Å². The van der Waals surface area contributed by atoms with Gasteiger partial charge in [0.1, 0.15) is 5.70 Å². The van der Waals surface area contributed by atoms with Gasteiger partial charge in [-0.2, -0.15) is 0 Å². The van der Waals surface area contributed by atoms with Crippen molar-refractivity contribution in [1.29, 1.82) is 0 Å². The van der Waals surface area contributed by atoms with Crippen LogP contribution in [0, 0.1) is 0 Å². The Morgan fingerprint density at radius 1 is 1.33 bits per heavy atom. The van der Waals surface area contributed by atoms with Crippen LogP contribution in [0.25, 0.3) is 0 Å². The fourth-order valence-corrected chi connectivity index (χ4v) is 1.56. The highest BCUT2D eigenvalue weighted by atomic mass is 32.2. The summed E-state index contributed by atoms with van der Waals surface area (Å²) in [5.74, 6) is 0.501. The van der Waals surface area contributed by atoms with E-state index in [0.29, 0.717) is 17.9 Å². The van der Waals surface area contributed by atoms with Gasteiger partial charge < -0.3 is 11.1 Å². The van der Waals surface area contributed by atoms with E-state index in [2.05, 4.69) is 5.32 Å². The van der Waals surface area contributed by atoms with Crippen LogP contribution in [0.1, 0.15) is 33.6 Å². The van der Waals surface area contributed by atoms with Crippen molar-refractivity contribution in [1.82, 2.24) is 5.32 Å². The van der Waals surface area contributed by atoms with E-state index in [9.17, 15) is 9.59 Å². The van der Waals surface area contributed by atoms with Gasteiger partial charge in [-0.05, 0) is 19.1 Å². The van der Waals surface area contributed by atoms with Gasteiger partial charge in [0, 0.05) is 12.1 Å². The monoisotopic (exact) mass is 230 g/mol. The molecule has 0 spiro atoms. The van der Waals surface area contributed by atoms with Crippen molar-refractivity contribution in [3.8, 4) is 0 Å². The molecule has 0 unspecified atom stereocenters. The molecule has 0 aliphatic heterocycles. The topological polar surface area (TPSA) is 72.2 Å². The highest BCUT2D eigenvalue weighted by Crippen LogP contribution is 2.10. The molecule has 0 bridgehead atoms. The Morgan fingerprint density at radius 3 is 2.33 bits per heavy atom. The second-order valence-electron chi connectivity index (χ2n) is 3.08. The summed E-state index contributed by atoms with van der Waals surface area (Å²) in [6.45, 7) is 5.39. The number of thioether (sulfide) groups is 1. The minimum absolute atomic E-state index is 0.164. The van der Waals surface area contributed by atoms with Crippen LogP contribution in [-0.2, 0) is 9.59 Å². The molecule has 1 amide bonds.